The molecule has 2 aliphatic rings. The highest BCUT2D eigenvalue weighted by Gasteiger charge is 2.27. The summed E-state index contributed by atoms with van der Waals surface area (Å²) < 4.78 is 0. The van der Waals surface area contributed by atoms with E-state index in [9.17, 15) is 9.90 Å². The summed E-state index contributed by atoms with van der Waals surface area (Å²) in [4.78, 5) is 16.6. The normalized spacial score (nSPS) is 22.4. The van der Waals surface area contributed by atoms with Crippen LogP contribution in [0.2, 0.25) is 0 Å². The smallest absolute Gasteiger partial charge is 0.236 e. The fourth-order valence-electron chi connectivity index (χ4n) is 3.32. The van der Waals surface area contributed by atoms with Crippen molar-refractivity contribution in [2.24, 2.45) is 5.92 Å². The first kappa shape index (κ1) is 14.8. The van der Waals surface area contributed by atoms with Gasteiger partial charge in [-0.3, -0.25) is 9.69 Å². The van der Waals surface area contributed by atoms with E-state index >= 15 is 0 Å². The van der Waals surface area contributed by atoms with Crippen molar-refractivity contribution in [1.29, 1.82) is 0 Å². The number of aliphatic hydroxyl groups excluding tert-OH is 1. The van der Waals surface area contributed by atoms with E-state index in [0.717, 1.165) is 31.8 Å². The molecule has 19 heavy (non-hydrogen) atoms. The van der Waals surface area contributed by atoms with Gasteiger partial charge in [-0.15, -0.1) is 0 Å². The zero-order valence-electron chi connectivity index (χ0n) is 12.2. The van der Waals surface area contributed by atoms with Crippen LogP contribution < -0.4 is 0 Å². The van der Waals surface area contributed by atoms with Gasteiger partial charge in [0.05, 0.1) is 13.2 Å². The van der Waals surface area contributed by atoms with Gasteiger partial charge in [0, 0.05) is 25.7 Å². The summed E-state index contributed by atoms with van der Waals surface area (Å²) in [7, 11) is 0. The van der Waals surface area contributed by atoms with Crippen LogP contribution in [0, 0.1) is 5.92 Å². The number of amides is 1. The van der Waals surface area contributed by atoms with E-state index in [2.05, 4.69) is 11.8 Å². The summed E-state index contributed by atoms with van der Waals surface area (Å²) in [5.74, 6) is 1.01. The third-order valence-electron chi connectivity index (χ3n) is 4.70. The van der Waals surface area contributed by atoms with Crippen molar-refractivity contribution in [2.45, 2.75) is 51.5 Å². The van der Waals surface area contributed by atoms with Gasteiger partial charge in [-0.25, -0.2) is 0 Å². The lowest BCUT2D eigenvalue weighted by Crippen LogP contribution is -2.47. The van der Waals surface area contributed by atoms with Crippen LogP contribution in [0.15, 0.2) is 0 Å². The lowest BCUT2D eigenvalue weighted by Gasteiger charge is -2.34. The van der Waals surface area contributed by atoms with Crippen molar-refractivity contribution in [1.82, 2.24) is 9.80 Å². The summed E-state index contributed by atoms with van der Waals surface area (Å²) >= 11 is 0. The SMILES string of the molecule is CC1CCN(C(=O)CN(CCO)C2CCCC2)CC1. The van der Waals surface area contributed by atoms with E-state index in [1.807, 2.05) is 4.90 Å². The molecule has 0 spiro atoms. The van der Waals surface area contributed by atoms with Crippen molar-refractivity contribution < 1.29 is 9.90 Å². The number of rotatable bonds is 5. The van der Waals surface area contributed by atoms with Crippen molar-refractivity contribution in [2.75, 3.05) is 32.8 Å². The Morgan fingerprint density at radius 1 is 1.21 bits per heavy atom. The molecule has 0 aromatic rings. The Kier molecular flexibility index (Phi) is 5.64. The van der Waals surface area contributed by atoms with Crippen LogP contribution in [-0.2, 0) is 4.79 Å². The van der Waals surface area contributed by atoms with Gasteiger partial charge in [-0.2, -0.15) is 0 Å². The summed E-state index contributed by atoms with van der Waals surface area (Å²) in [6, 6.07) is 0.514. The molecule has 4 heteroatoms. The van der Waals surface area contributed by atoms with E-state index in [-0.39, 0.29) is 12.5 Å². The molecule has 1 N–H and O–H groups in total. The first-order chi connectivity index (χ1) is 9.20. The Balaban J connectivity index is 1.83. The summed E-state index contributed by atoms with van der Waals surface area (Å²) in [6.07, 6.45) is 7.17. The molecule has 0 aromatic heterocycles. The average molecular weight is 268 g/mol. The van der Waals surface area contributed by atoms with Gasteiger partial charge in [0.25, 0.3) is 0 Å². The molecule has 2 fully saturated rings. The Bertz CT molecular complexity index is 282. The van der Waals surface area contributed by atoms with Gasteiger partial charge in [-0.05, 0) is 31.6 Å². The molecule has 1 amide bonds. The lowest BCUT2D eigenvalue weighted by atomic mass is 9.99. The predicted molar refractivity (Wildman–Crippen MR) is 75.9 cm³/mol. The van der Waals surface area contributed by atoms with E-state index in [1.54, 1.807) is 0 Å². The molecule has 2 rings (SSSR count). The molecule has 4 nitrogen and oxygen atoms in total. The Hall–Kier alpha value is -0.610. The number of hydrogen-bond acceptors (Lipinski definition) is 3. The van der Waals surface area contributed by atoms with Crippen molar-refractivity contribution >= 4 is 5.91 Å². The van der Waals surface area contributed by atoms with E-state index in [0.29, 0.717) is 19.1 Å². The number of nitrogens with zero attached hydrogens (tertiary/aromatic N) is 2. The first-order valence-electron chi connectivity index (χ1n) is 7.83. The van der Waals surface area contributed by atoms with Crippen LogP contribution in [0.1, 0.15) is 45.4 Å². The molecule has 0 radical (unpaired) electrons. The maximum absolute atomic E-state index is 12.3. The first-order valence-corrected chi connectivity index (χ1v) is 7.83. The molecule has 0 atom stereocenters. The number of carbonyl (C=O) groups excluding carboxylic acids is 1. The van der Waals surface area contributed by atoms with Crippen LogP contribution in [-0.4, -0.2) is 59.6 Å². The van der Waals surface area contributed by atoms with Gasteiger partial charge in [0.2, 0.25) is 5.91 Å². The summed E-state index contributed by atoms with van der Waals surface area (Å²) in [6.45, 7) is 5.38. The van der Waals surface area contributed by atoms with Gasteiger partial charge in [0.1, 0.15) is 0 Å². The van der Waals surface area contributed by atoms with Crippen molar-refractivity contribution in [3.05, 3.63) is 0 Å². The van der Waals surface area contributed by atoms with Crippen LogP contribution in [0.25, 0.3) is 0 Å². The fourth-order valence-corrected chi connectivity index (χ4v) is 3.32. The van der Waals surface area contributed by atoms with Crippen molar-refractivity contribution in [3.63, 3.8) is 0 Å². The predicted octanol–water partition coefficient (Wildman–Crippen LogP) is 1.48. The topological polar surface area (TPSA) is 43.8 Å². The number of likely N-dealkylation sites (tertiary alicyclic amines) is 1. The van der Waals surface area contributed by atoms with Gasteiger partial charge in [-0.1, -0.05) is 19.8 Å². The fraction of sp³-hybridized carbons (Fsp3) is 0.933. The van der Waals surface area contributed by atoms with Crippen LogP contribution in [0.3, 0.4) is 0 Å². The lowest BCUT2D eigenvalue weighted by molar-refractivity contribution is -0.134. The molecule has 0 bridgehead atoms. The van der Waals surface area contributed by atoms with Crippen LogP contribution in [0.5, 0.6) is 0 Å². The zero-order valence-corrected chi connectivity index (χ0v) is 12.2. The standard InChI is InChI=1S/C15H28N2O2/c1-13-6-8-16(9-7-13)15(19)12-17(10-11-18)14-4-2-3-5-14/h13-14,18H,2-12H2,1H3. The largest absolute Gasteiger partial charge is 0.395 e. The minimum Gasteiger partial charge on any atom is -0.395 e. The maximum atomic E-state index is 12.3. The molecule has 1 saturated carbocycles. The molecule has 110 valence electrons. The molecular formula is C15H28N2O2. The Morgan fingerprint density at radius 2 is 1.84 bits per heavy atom. The van der Waals surface area contributed by atoms with Gasteiger partial charge in [0.15, 0.2) is 0 Å². The third-order valence-corrected chi connectivity index (χ3v) is 4.70. The molecule has 0 unspecified atom stereocenters. The highest BCUT2D eigenvalue weighted by atomic mass is 16.3. The second-order valence-electron chi connectivity index (χ2n) is 6.20. The van der Waals surface area contributed by atoms with Gasteiger partial charge >= 0.3 is 0 Å². The highest BCUT2D eigenvalue weighted by Crippen LogP contribution is 2.23. The Morgan fingerprint density at radius 3 is 2.42 bits per heavy atom. The van der Waals surface area contributed by atoms with Crippen LogP contribution in [0.4, 0.5) is 0 Å². The van der Waals surface area contributed by atoms with Crippen molar-refractivity contribution in [3.8, 4) is 0 Å². The van der Waals surface area contributed by atoms with Crippen LogP contribution >= 0.6 is 0 Å². The maximum Gasteiger partial charge on any atom is 0.236 e. The zero-order chi connectivity index (χ0) is 13.7. The third kappa shape index (κ3) is 4.18. The second kappa shape index (κ2) is 7.25. The monoisotopic (exact) mass is 268 g/mol. The highest BCUT2D eigenvalue weighted by molar-refractivity contribution is 5.78. The number of hydrogen-bond donors (Lipinski definition) is 1. The average Bonchev–Trinajstić information content (AvgIpc) is 2.92. The molecule has 1 heterocycles. The number of aliphatic hydroxyl groups is 1. The summed E-state index contributed by atoms with van der Waals surface area (Å²) in [5, 5.41) is 9.19. The molecule has 1 saturated heterocycles. The minimum absolute atomic E-state index is 0.154. The number of piperidine rings is 1. The quantitative estimate of drug-likeness (QED) is 0.821. The Labute approximate surface area is 116 Å². The number of carbonyl (C=O) groups is 1. The molecular weight excluding hydrogens is 240 g/mol. The van der Waals surface area contributed by atoms with Gasteiger partial charge < -0.3 is 10.0 Å². The van der Waals surface area contributed by atoms with E-state index in [4.69, 9.17) is 0 Å². The minimum atomic E-state index is 0.154. The molecule has 1 aliphatic carbocycles. The van der Waals surface area contributed by atoms with E-state index < -0.39 is 0 Å². The molecule has 1 aliphatic heterocycles. The van der Waals surface area contributed by atoms with E-state index in [1.165, 1.54) is 25.7 Å². The second-order valence-corrected chi connectivity index (χ2v) is 6.20. The summed E-state index contributed by atoms with van der Waals surface area (Å²) in [5.41, 5.74) is 0. The molecule has 0 aromatic carbocycles.